The molecule has 3 N–H and O–H groups in total. The standard InChI is InChI=1S/C16H26O5/c1-2-3-4-5-6-10(17)14-9-13(20)15-11(18)7-8-12(19)16(15)21-14/h10,12-14,17,19-20H,2-9H2,1H3/t10-,12+,13+,14-/m0/s1. The van der Waals surface area contributed by atoms with Crippen LogP contribution in [0.1, 0.15) is 58.3 Å². The highest BCUT2D eigenvalue weighted by Gasteiger charge is 2.40. The van der Waals surface area contributed by atoms with Gasteiger partial charge in [0, 0.05) is 12.8 Å². The fourth-order valence-corrected chi connectivity index (χ4v) is 3.09. The van der Waals surface area contributed by atoms with Gasteiger partial charge in [-0.15, -0.1) is 0 Å². The molecule has 120 valence electrons. The van der Waals surface area contributed by atoms with E-state index in [0.717, 1.165) is 25.7 Å². The van der Waals surface area contributed by atoms with Crippen LogP contribution in [-0.4, -0.2) is 45.5 Å². The first-order chi connectivity index (χ1) is 10.0. The van der Waals surface area contributed by atoms with Gasteiger partial charge >= 0.3 is 0 Å². The number of hydrogen-bond acceptors (Lipinski definition) is 5. The SMILES string of the molecule is CCCCCC[C@H](O)[C@@H]1C[C@@H](O)C2=C(O1)[C@H](O)CCC2=O. The summed E-state index contributed by atoms with van der Waals surface area (Å²) in [6.07, 6.45) is 2.66. The van der Waals surface area contributed by atoms with Crippen LogP contribution in [0.4, 0.5) is 0 Å². The number of carbonyl (C=O) groups is 1. The molecule has 0 spiro atoms. The fourth-order valence-electron chi connectivity index (χ4n) is 3.09. The number of carbonyl (C=O) groups excluding carboxylic acids is 1. The lowest BCUT2D eigenvalue weighted by Crippen LogP contribution is -2.43. The number of aliphatic hydroxyl groups is 3. The molecule has 2 aliphatic rings. The van der Waals surface area contributed by atoms with Crippen molar-refractivity contribution in [2.75, 3.05) is 0 Å². The van der Waals surface area contributed by atoms with Gasteiger partial charge in [-0.2, -0.15) is 0 Å². The van der Waals surface area contributed by atoms with Gasteiger partial charge in [-0.05, 0) is 12.8 Å². The van der Waals surface area contributed by atoms with E-state index in [4.69, 9.17) is 4.74 Å². The molecule has 0 aromatic rings. The van der Waals surface area contributed by atoms with Crippen LogP contribution >= 0.6 is 0 Å². The zero-order chi connectivity index (χ0) is 15.4. The maximum absolute atomic E-state index is 11.8. The molecular weight excluding hydrogens is 272 g/mol. The Bertz CT molecular complexity index is 403. The highest BCUT2D eigenvalue weighted by Crippen LogP contribution is 2.34. The van der Waals surface area contributed by atoms with Crippen molar-refractivity contribution in [2.24, 2.45) is 0 Å². The van der Waals surface area contributed by atoms with Crippen molar-refractivity contribution in [3.8, 4) is 0 Å². The van der Waals surface area contributed by atoms with Gasteiger partial charge in [0.2, 0.25) is 0 Å². The number of unbranched alkanes of at least 4 members (excludes halogenated alkanes) is 3. The molecule has 0 radical (unpaired) electrons. The van der Waals surface area contributed by atoms with E-state index in [0.29, 0.717) is 12.8 Å². The summed E-state index contributed by atoms with van der Waals surface area (Å²) in [5.74, 6) is 0.0290. The van der Waals surface area contributed by atoms with Crippen molar-refractivity contribution in [2.45, 2.75) is 82.7 Å². The van der Waals surface area contributed by atoms with Gasteiger partial charge in [0.25, 0.3) is 0 Å². The van der Waals surface area contributed by atoms with Gasteiger partial charge in [-0.1, -0.05) is 32.6 Å². The first-order valence-corrected chi connectivity index (χ1v) is 8.02. The molecule has 0 saturated heterocycles. The third-order valence-electron chi connectivity index (χ3n) is 4.36. The molecule has 0 unspecified atom stereocenters. The molecule has 0 fully saturated rings. The minimum atomic E-state index is -0.938. The minimum absolute atomic E-state index is 0.154. The molecule has 21 heavy (non-hydrogen) atoms. The van der Waals surface area contributed by atoms with Gasteiger partial charge < -0.3 is 20.1 Å². The Labute approximate surface area is 125 Å². The second-order valence-electron chi connectivity index (χ2n) is 6.08. The molecule has 1 heterocycles. The number of ketones is 1. The van der Waals surface area contributed by atoms with Crippen LogP contribution in [-0.2, 0) is 9.53 Å². The van der Waals surface area contributed by atoms with Crippen molar-refractivity contribution in [1.29, 1.82) is 0 Å². The first-order valence-electron chi connectivity index (χ1n) is 8.02. The monoisotopic (exact) mass is 298 g/mol. The van der Waals surface area contributed by atoms with Crippen LogP contribution in [0.2, 0.25) is 0 Å². The third kappa shape index (κ3) is 3.84. The lowest BCUT2D eigenvalue weighted by molar-refractivity contribution is -0.123. The number of aliphatic hydroxyl groups excluding tert-OH is 3. The zero-order valence-electron chi connectivity index (χ0n) is 12.6. The van der Waals surface area contributed by atoms with Crippen molar-refractivity contribution in [1.82, 2.24) is 0 Å². The molecule has 0 saturated carbocycles. The Morgan fingerprint density at radius 1 is 1.24 bits per heavy atom. The zero-order valence-corrected chi connectivity index (χ0v) is 12.6. The summed E-state index contributed by atoms with van der Waals surface area (Å²) < 4.78 is 5.66. The summed E-state index contributed by atoms with van der Waals surface area (Å²) in [6, 6.07) is 0. The highest BCUT2D eigenvalue weighted by molar-refractivity contribution is 5.98. The van der Waals surface area contributed by atoms with Crippen LogP contribution in [0.15, 0.2) is 11.3 Å². The fraction of sp³-hybridized carbons (Fsp3) is 0.812. The van der Waals surface area contributed by atoms with E-state index in [-0.39, 0.29) is 30.0 Å². The second kappa shape index (κ2) is 7.38. The van der Waals surface area contributed by atoms with E-state index in [1.807, 2.05) is 0 Å². The van der Waals surface area contributed by atoms with E-state index in [1.165, 1.54) is 0 Å². The second-order valence-corrected chi connectivity index (χ2v) is 6.08. The molecule has 5 heteroatoms. The summed E-state index contributed by atoms with van der Waals surface area (Å²) in [5, 5.41) is 30.3. The quantitative estimate of drug-likeness (QED) is 0.646. The van der Waals surface area contributed by atoms with Crippen LogP contribution in [0.25, 0.3) is 0 Å². The van der Waals surface area contributed by atoms with Crippen molar-refractivity contribution < 1.29 is 24.9 Å². The van der Waals surface area contributed by atoms with Crippen molar-refractivity contribution in [3.05, 3.63) is 11.3 Å². The Balaban J connectivity index is 1.98. The first kappa shape index (κ1) is 16.5. The van der Waals surface area contributed by atoms with Gasteiger partial charge in [0.15, 0.2) is 5.78 Å². The van der Waals surface area contributed by atoms with Gasteiger partial charge in [0.05, 0.1) is 17.8 Å². The number of hydrogen-bond donors (Lipinski definition) is 3. The Hall–Kier alpha value is -0.910. The molecule has 4 atom stereocenters. The molecule has 5 nitrogen and oxygen atoms in total. The molecule has 0 aromatic heterocycles. The average molecular weight is 298 g/mol. The van der Waals surface area contributed by atoms with Crippen molar-refractivity contribution >= 4 is 5.78 Å². The lowest BCUT2D eigenvalue weighted by Gasteiger charge is -2.37. The predicted octanol–water partition coefficient (Wildman–Crippen LogP) is 1.45. The molecular formula is C16H26O5. The van der Waals surface area contributed by atoms with Gasteiger partial charge in [0.1, 0.15) is 18.0 Å². The topological polar surface area (TPSA) is 87.0 Å². The van der Waals surface area contributed by atoms with Crippen molar-refractivity contribution in [3.63, 3.8) is 0 Å². The van der Waals surface area contributed by atoms with Gasteiger partial charge in [-0.3, -0.25) is 4.79 Å². The highest BCUT2D eigenvalue weighted by atomic mass is 16.5. The van der Waals surface area contributed by atoms with E-state index >= 15 is 0 Å². The van der Waals surface area contributed by atoms with E-state index in [1.54, 1.807) is 0 Å². The molecule has 1 aliphatic heterocycles. The lowest BCUT2D eigenvalue weighted by atomic mass is 9.85. The summed E-state index contributed by atoms with van der Waals surface area (Å²) in [6.45, 7) is 2.13. The Kier molecular flexibility index (Phi) is 5.79. The molecule has 0 amide bonds. The number of ether oxygens (including phenoxy) is 1. The largest absolute Gasteiger partial charge is 0.489 e. The third-order valence-corrected chi connectivity index (χ3v) is 4.36. The van der Waals surface area contributed by atoms with Crippen LogP contribution < -0.4 is 0 Å². The molecule has 2 rings (SSSR count). The molecule has 1 aliphatic carbocycles. The smallest absolute Gasteiger partial charge is 0.165 e. The summed E-state index contributed by atoms with van der Waals surface area (Å²) in [4.78, 5) is 11.8. The summed E-state index contributed by atoms with van der Waals surface area (Å²) >= 11 is 0. The van der Waals surface area contributed by atoms with Crippen LogP contribution in [0.5, 0.6) is 0 Å². The van der Waals surface area contributed by atoms with E-state index < -0.39 is 24.4 Å². The summed E-state index contributed by atoms with van der Waals surface area (Å²) in [5.41, 5.74) is 0.211. The number of rotatable bonds is 6. The average Bonchev–Trinajstić information content (AvgIpc) is 2.46. The van der Waals surface area contributed by atoms with Crippen LogP contribution in [0, 0.1) is 0 Å². The van der Waals surface area contributed by atoms with E-state index in [2.05, 4.69) is 6.92 Å². The Morgan fingerprint density at radius 2 is 2.00 bits per heavy atom. The van der Waals surface area contributed by atoms with Gasteiger partial charge in [-0.25, -0.2) is 0 Å². The predicted molar refractivity (Wildman–Crippen MR) is 77.5 cm³/mol. The Morgan fingerprint density at radius 3 is 2.71 bits per heavy atom. The molecule has 0 bridgehead atoms. The van der Waals surface area contributed by atoms with Crippen LogP contribution in [0.3, 0.4) is 0 Å². The molecule has 0 aromatic carbocycles. The van der Waals surface area contributed by atoms with E-state index in [9.17, 15) is 20.1 Å². The minimum Gasteiger partial charge on any atom is -0.489 e. The normalized spacial score (nSPS) is 30.9. The number of Topliss-reactive ketones (excluding diaryl/α,β-unsaturated/α-hetero) is 1. The summed E-state index contributed by atoms with van der Waals surface area (Å²) in [7, 11) is 0. The maximum atomic E-state index is 11.8. The maximum Gasteiger partial charge on any atom is 0.165 e.